The minimum Gasteiger partial charge on any atom is -0.395 e. The lowest BCUT2D eigenvalue weighted by Gasteiger charge is -2.25. The third-order valence-electron chi connectivity index (χ3n) is 2.69. The number of methoxy groups -OCH3 is 1. The molecule has 0 unspecified atom stereocenters. The lowest BCUT2D eigenvalue weighted by molar-refractivity contribution is -0.141. The van der Waals surface area contributed by atoms with Crippen LogP contribution in [-0.2, 0) is 10.9 Å². The summed E-state index contributed by atoms with van der Waals surface area (Å²) in [5.41, 5.74) is 4.37. The topological polar surface area (TPSA) is 95.5 Å². The van der Waals surface area contributed by atoms with Gasteiger partial charge in [0.1, 0.15) is 17.3 Å². The van der Waals surface area contributed by atoms with E-state index in [-0.39, 0.29) is 37.7 Å². The number of rotatable bonds is 7. The molecule has 0 aliphatic heterocycles. The zero-order valence-corrected chi connectivity index (χ0v) is 11.4. The van der Waals surface area contributed by atoms with Gasteiger partial charge in [-0.3, -0.25) is 5.41 Å². The van der Waals surface area contributed by atoms with Crippen molar-refractivity contribution in [2.24, 2.45) is 5.73 Å². The lowest BCUT2D eigenvalue weighted by Crippen LogP contribution is -2.33. The minimum absolute atomic E-state index is 0.0535. The van der Waals surface area contributed by atoms with Crippen molar-refractivity contribution in [2.45, 2.75) is 6.18 Å². The fourth-order valence-electron chi connectivity index (χ4n) is 1.70. The number of nitrogens with zero attached hydrogens (tertiary/aromatic N) is 2. The van der Waals surface area contributed by atoms with E-state index >= 15 is 0 Å². The first kappa shape index (κ1) is 17.2. The number of hydrogen-bond acceptors (Lipinski definition) is 5. The number of ether oxygens (including phenoxy) is 1. The molecule has 0 amide bonds. The highest BCUT2D eigenvalue weighted by Crippen LogP contribution is 2.30. The van der Waals surface area contributed by atoms with Gasteiger partial charge < -0.3 is 20.5 Å². The molecule has 9 heteroatoms. The maximum atomic E-state index is 12.8. The van der Waals surface area contributed by atoms with Crippen molar-refractivity contribution >= 4 is 11.7 Å². The Kier molecular flexibility index (Phi) is 5.91. The summed E-state index contributed by atoms with van der Waals surface area (Å²) < 4.78 is 43.2. The molecule has 0 aliphatic rings. The van der Waals surface area contributed by atoms with Crippen molar-refractivity contribution < 1.29 is 23.0 Å². The average molecular weight is 306 g/mol. The van der Waals surface area contributed by atoms with E-state index in [2.05, 4.69) is 4.98 Å². The number of nitrogens with one attached hydrogen (secondary N) is 1. The summed E-state index contributed by atoms with van der Waals surface area (Å²) in [5, 5.41) is 16.5. The molecule has 1 aromatic heterocycles. The number of aliphatic hydroxyl groups excluding tert-OH is 1. The molecule has 0 saturated carbocycles. The Morgan fingerprint density at radius 2 is 2.10 bits per heavy atom. The minimum atomic E-state index is -4.60. The van der Waals surface area contributed by atoms with Crippen LogP contribution >= 0.6 is 0 Å². The molecule has 0 aromatic carbocycles. The van der Waals surface area contributed by atoms with Crippen molar-refractivity contribution in [3.63, 3.8) is 0 Å². The predicted octanol–water partition coefficient (Wildman–Crippen LogP) is 0.830. The fourth-order valence-corrected chi connectivity index (χ4v) is 1.70. The van der Waals surface area contributed by atoms with E-state index in [1.54, 1.807) is 0 Å². The van der Waals surface area contributed by atoms with Gasteiger partial charge in [-0.15, -0.1) is 0 Å². The molecule has 0 fully saturated rings. The van der Waals surface area contributed by atoms with Gasteiger partial charge in [0.25, 0.3) is 0 Å². The van der Waals surface area contributed by atoms with Gasteiger partial charge in [0, 0.05) is 20.2 Å². The van der Waals surface area contributed by atoms with Gasteiger partial charge >= 0.3 is 6.18 Å². The van der Waals surface area contributed by atoms with Crippen LogP contribution in [-0.4, -0.2) is 49.3 Å². The third-order valence-corrected chi connectivity index (χ3v) is 2.69. The molecule has 4 N–H and O–H groups in total. The molecule has 1 rings (SSSR count). The Morgan fingerprint density at radius 1 is 1.43 bits per heavy atom. The standard InChI is InChI=1S/C12H17F3N4O2/c1-21-7-5-19(4-6-20)11-8(10(16)17)2-3-9(18-11)12(13,14)15/h2-3,20H,4-7H2,1H3,(H3,16,17). The lowest BCUT2D eigenvalue weighted by atomic mass is 10.2. The normalized spacial score (nSPS) is 11.5. The van der Waals surface area contributed by atoms with Gasteiger partial charge in [0.2, 0.25) is 0 Å². The Labute approximate surface area is 119 Å². The number of pyridine rings is 1. The van der Waals surface area contributed by atoms with Gasteiger partial charge in [-0.2, -0.15) is 13.2 Å². The van der Waals surface area contributed by atoms with E-state index in [9.17, 15) is 13.2 Å². The Balaban J connectivity index is 3.28. The molecule has 0 spiro atoms. The van der Waals surface area contributed by atoms with Crippen LogP contribution in [0.2, 0.25) is 0 Å². The highest BCUT2D eigenvalue weighted by Gasteiger charge is 2.33. The summed E-state index contributed by atoms with van der Waals surface area (Å²) in [5.74, 6) is -0.491. The van der Waals surface area contributed by atoms with Gasteiger partial charge in [-0.1, -0.05) is 0 Å². The number of halogens is 3. The molecule has 0 atom stereocenters. The number of amidine groups is 1. The predicted molar refractivity (Wildman–Crippen MR) is 71.4 cm³/mol. The van der Waals surface area contributed by atoms with Crippen LogP contribution in [0.25, 0.3) is 0 Å². The van der Waals surface area contributed by atoms with E-state index in [1.807, 2.05) is 0 Å². The van der Waals surface area contributed by atoms with Gasteiger partial charge in [0.15, 0.2) is 0 Å². The second-order valence-corrected chi connectivity index (χ2v) is 4.18. The maximum absolute atomic E-state index is 12.8. The van der Waals surface area contributed by atoms with Crippen LogP contribution in [0.1, 0.15) is 11.3 Å². The SMILES string of the molecule is COCCN(CCO)c1nc(C(F)(F)F)ccc1C(=N)N. The van der Waals surface area contributed by atoms with Gasteiger partial charge in [-0.05, 0) is 12.1 Å². The number of hydrogen-bond donors (Lipinski definition) is 3. The van der Waals surface area contributed by atoms with Crippen LogP contribution in [0.3, 0.4) is 0 Å². The summed E-state index contributed by atoms with van der Waals surface area (Å²) in [6, 6.07) is 1.87. The smallest absolute Gasteiger partial charge is 0.395 e. The zero-order chi connectivity index (χ0) is 16.0. The summed E-state index contributed by atoms with van der Waals surface area (Å²) in [6.07, 6.45) is -4.60. The number of aromatic nitrogens is 1. The zero-order valence-electron chi connectivity index (χ0n) is 11.4. The van der Waals surface area contributed by atoms with Gasteiger partial charge in [-0.25, -0.2) is 4.98 Å². The summed E-state index contributed by atoms with van der Waals surface area (Å²) in [7, 11) is 1.45. The first-order valence-electron chi connectivity index (χ1n) is 6.08. The third kappa shape index (κ3) is 4.57. The molecule has 0 saturated heterocycles. The molecular formula is C12H17F3N4O2. The Morgan fingerprint density at radius 3 is 2.57 bits per heavy atom. The van der Waals surface area contributed by atoms with Crippen LogP contribution in [0.5, 0.6) is 0 Å². The van der Waals surface area contributed by atoms with Crippen molar-refractivity contribution in [1.29, 1.82) is 5.41 Å². The van der Waals surface area contributed by atoms with Crippen LogP contribution < -0.4 is 10.6 Å². The van der Waals surface area contributed by atoms with Crippen molar-refractivity contribution in [1.82, 2.24) is 4.98 Å². The molecule has 6 nitrogen and oxygen atoms in total. The second kappa shape index (κ2) is 7.23. The fraction of sp³-hybridized carbons (Fsp3) is 0.500. The van der Waals surface area contributed by atoms with Crippen molar-refractivity contribution in [2.75, 3.05) is 38.3 Å². The van der Waals surface area contributed by atoms with Crippen LogP contribution in [0.4, 0.5) is 19.0 Å². The molecule has 1 heterocycles. The molecule has 1 aromatic rings. The molecular weight excluding hydrogens is 289 g/mol. The highest BCUT2D eigenvalue weighted by atomic mass is 19.4. The molecule has 0 bridgehead atoms. The first-order valence-corrected chi connectivity index (χ1v) is 6.08. The van der Waals surface area contributed by atoms with E-state index in [4.69, 9.17) is 21.0 Å². The molecule has 0 aliphatic carbocycles. The Bertz CT molecular complexity index is 494. The number of anilines is 1. The van der Waals surface area contributed by atoms with Crippen molar-refractivity contribution in [3.8, 4) is 0 Å². The summed E-state index contributed by atoms with van der Waals surface area (Å²) in [6.45, 7) is 0.220. The Hall–Kier alpha value is -1.87. The molecule has 21 heavy (non-hydrogen) atoms. The van der Waals surface area contributed by atoms with Gasteiger partial charge in [0.05, 0.1) is 18.8 Å². The largest absolute Gasteiger partial charge is 0.433 e. The number of nitrogens with two attached hydrogens (primary N) is 1. The molecule has 118 valence electrons. The molecule has 0 radical (unpaired) electrons. The van der Waals surface area contributed by atoms with E-state index in [0.717, 1.165) is 12.1 Å². The maximum Gasteiger partial charge on any atom is 0.433 e. The summed E-state index contributed by atoms with van der Waals surface area (Å²) >= 11 is 0. The first-order chi connectivity index (χ1) is 9.81. The monoisotopic (exact) mass is 306 g/mol. The number of aliphatic hydroxyl groups is 1. The highest BCUT2D eigenvalue weighted by molar-refractivity contribution is 5.99. The van der Waals surface area contributed by atoms with E-state index in [1.165, 1.54) is 12.0 Å². The van der Waals surface area contributed by atoms with Crippen LogP contribution in [0, 0.1) is 5.41 Å². The van der Waals surface area contributed by atoms with E-state index < -0.39 is 17.7 Å². The second-order valence-electron chi connectivity index (χ2n) is 4.18. The average Bonchev–Trinajstić information content (AvgIpc) is 2.41. The number of nitrogen functional groups attached to an aromatic ring is 1. The number of alkyl halides is 3. The van der Waals surface area contributed by atoms with Crippen LogP contribution in [0.15, 0.2) is 12.1 Å². The quantitative estimate of drug-likeness (QED) is 0.512. The summed E-state index contributed by atoms with van der Waals surface area (Å²) in [4.78, 5) is 4.95. The van der Waals surface area contributed by atoms with E-state index in [0.29, 0.717) is 0 Å². The van der Waals surface area contributed by atoms with Crippen molar-refractivity contribution in [3.05, 3.63) is 23.4 Å².